The fraction of sp³-hybridized carbons (Fsp3) is 0.923. The molecule has 5 heteroatoms. The molecule has 1 atom stereocenters. The molecule has 1 aliphatic rings. The average molecular weight is 258 g/mol. The van der Waals surface area contributed by atoms with Crippen molar-refractivity contribution < 1.29 is 14.6 Å². The number of hydrogen-bond acceptors (Lipinski definition) is 4. The normalized spacial score (nSPS) is 19.9. The van der Waals surface area contributed by atoms with Gasteiger partial charge in [-0.2, -0.15) is 0 Å². The van der Waals surface area contributed by atoms with E-state index in [2.05, 4.69) is 4.90 Å². The van der Waals surface area contributed by atoms with Gasteiger partial charge in [0.2, 0.25) is 0 Å². The Labute approximate surface area is 110 Å². The molecule has 5 nitrogen and oxygen atoms in total. The van der Waals surface area contributed by atoms with Gasteiger partial charge in [-0.1, -0.05) is 0 Å². The molecule has 0 spiro atoms. The molecule has 106 valence electrons. The molecule has 0 aliphatic carbocycles. The summed E-state index contributed by atoms with van der Waals surface area (Å²) < 4.78 is 5.36. The average Bonchev–Trinajstić information content (AvgIpc) is 2.18. The van der Waals surface area contributed by atoms with E-state index in [0.29, 0.717) is 0 Å². The Morgan fingerprint density at radius 2 is 2.17 bits per heavy atom. The minimum absolute atomic E-state index is 0.213. The number of likely N-dealkylation sites (N-methyl/N-ethyl adjacent to an activating group) is 1. The predicted molar refractivity (Wildman–Crippen MR) is 70.5 cm³/mol. The number of amides is 1. The van der Waals surface area contributed by atoms with Gasteiger partial charge in [-0.05, 0) is 40.7 Å². The maximum absolute atomic E-state index is 11.9. The van der Waals surface area contributed by atoms with Crippen LogP contribution in [-0.2, 0) is 4.74 Å². The lowest BCUT2D eigenvalue weighted by atomic mass is 10.0. The Morgan fingerprint density at radius 3 is 2.61 bits per heavy atom. The van der Waals surface area contributed by atoms with Crippen LogP contribution >= 0.6 is 0 Å². The molecule has 0 aromatic rings. The summed E-state index contributed by atoms with van der Waals surface area (Å²) in [5.41, 5.74) is -0.431. The van der Waals surface area contributed by atoms with Crippen LogP contribution in [0.15, 0.2) is 0 Å². The smallest absolute Gasteiger partial charge is 0.410 e. The Morgan fingerprint density at radius 1 is 1.50 bits per heavy atom. The Balaban J connectivity index is 2.34. The van der Waals surface area contributed by atoms with E-state index in [-0.39, 0.29) is 18.7 Å². The first-order valence-corrected chi connectivity index (χ1v) is 6.62. The summed E-state index contributed by atoms with van der Waals surface area (Å²) in [7, 11) is 2.02. The van der Waals surface area contributed by atoms with Gasteiger partial charge in [-0.25, -0.2) is 4.79 Å². The molecule has 0 radical (unpaired) electrons. The first-order valence-electron chi connectivity index (χ1n) is 6.62. The minimum atomic E-state index is -0.431. The van der Waals surface area contributed by atoms with Crippen LogP contribution in [0.3, 0.4) is 0 Å². The summed E-state index contributed by atoms with van der Waals surface area (Å²) in [5.74, 6) is 0. The lowest BCUT2D eigenvalue weighted by Gasteiger charge is -2.43. The molecule has 0 bridgehead atoms. The third-order valence-corrected chi connectivity index (χ3v) is 2.99. The molecule has 0 aromatic heterocycles. The SMILES string of the molecule is CN(CCCO)CC1CCN1C(=O)OC(C)(C)C. The summed E-state index contributed by atoms with van der Waals surface area (Å²) in [6.45, 7) is 8.35. The standard InChI is InChI=1S/C13H26N2O3/c1-13(2,3)18-12(17)15-8-6-11(15)10-14(4)7-5-9-16/h11,16H,5-10H2,1-4H3. The second-order valence-electron chi connectivity index (χ2n) is 5.96. The largest absolute Gasteiger partial charge is 0.444 e. The van der Waals surface area contributed by atoms with Crippen molar-refractivity contribution in [3.8, 4) is 0 Å². The number of carbonyl (C=O) groups is 1. The topological polar surface area (TPSA) is 53.0 Å². The van der Waals surface area contributed by atoms with Gasteiger partial charge in [0.05, 0.1) is 0 Å². The first-order chi connectivity index (χ1) is 8.33. The molecule has 1 aliphatic heterocycles. The molecule has 1 amide bonds. The third kappa shape index (κ3) is 4.82. The minimum Gasteiger partial charge on any atom is -0.444 e. The van der Waals surface area contributed by atoms with Gasteiger partial charge in [-0.3, -0.25) is 0 Å². The van der Waals surface area contributed by atoms with Gasteiger partial charge in [0.25, 0.3) is 0 Å². The number of hydrogen-bond donors (Lipinski definition) is 1. The fourth-order valence-corrected chi connectivity index (χ4v) is 1.98. The molecule has 1 heterocycles. The van der Waals surface area contributed by atoms with Gasteiger partial charge in [0.15, 0.2) is 0 Å². The number of nitrogens with zero attached hydrogens (tertiary/aromatic N) is 2. The highest BCUT2D eigenvalue weighted by Gasteiger charge is 2.35. The molecule has 0 saturated carbocycles. The predicted octanol–water partition coefficient (Wildman–Crippen LogP) is 1.31. The van der Waals surface area contributed by atoms with Gasteiger partial charge < -0.3 is 19.6 Å². The maximum Gasteiger partial charge on any atom is 0.410 e. The number of rotatable bonds is 5. The highest BCUT2D eigenvalue weighted by Crippen LogP contribution is 2.21. The lowest BCUT2D eigenvalue weighted by molar-refractivity contribution is -0.0107. The van der Waals surface area contributed by atoms with Crippen LogP contribution in [0, 0.1) is 0 Å². The Bertz CT molecular complexity index is 276. The van der Waals surface area contributed by atoms with E-state index in [0.717, 1.165) is 32.5 Å². The van der Waals surface area contributed by atoms with Crippen LogP contribution in [0.4, 0.5) is 4.79 Å². The van der Waals surface area contributed by atoms with Crippen LogP contribution in [0.2, 0.25) is 0 Å². The summed E-state index contributed by atoms with van der Waals surface area (Å²) in [5, 5.41) is 8.78. The number of ether oxygens (including phenoxy) is 1. The van der Waals surface area contributed by atoms with E-state index in [1.165, 1.54) is 0 Å². The number of aliphatic hydroxyl groups is 1. The molecule has 18 heavy (non-hydrogen) atoms. The van der Waals surface area contributed by atoms with Crippen molar-refractivity contribution in [1.82, 2.24) is 9.80 Å². The number of likely N-dealkylation sites (tertiary alicyclic amines) is 1. The molecule has 1 N–H and O–H groups in total. The maximum atomic E-state index is 11.9. The van der Waals surface area contributed by atoms with Crippen molar-refractivity contribution in [3.63, 3.8) is 0 Å². The van der Waals surface area contributed by atoms with Gasteiger partial charge in [0, 0.05) is 32.3 Å². The van der Waals surface area contributed by atoms with Gasteiger partial charge >= 0.3 is 6.09 Å². The van der Waals surface area contributed by atoms with Crippen molar-refractivity contribution in [3.05, 3.63) is 0 Å². The molecular weight excluding hydrogens is 232 g/mol. The Kier molecular flexibility index (Phi) is 5.41. The molecular formula is C13H26N2O3. The molecule has 1 rings (SSSR count). The molecule has 0 aromatic carbocycles. The third-order valence-electron chi connectivity index (χ3n) is 2.99. The fourth-order valence-electron chi connectivity index (χ4n) is 1.98. The van der Waals surface area contributed by atoms with Crippen LogP contribution < -0.4 is 0 Å². The second kappa shape index (κ2) is 6.38. The zero-order chi connectivity index (χ0) is 13.8. The van der Waals surface area contributed by atoms with Gasteiger partial charge in [-0.15, -0.1) is 0 Å². The summed E-state index contributed by atoms with van der Waals surface area (Å²) in [6.07, 6.45) is 1.59. The summed E-state index contributed by atoms with van der Waals surface area (Å²) in [6, 6.07) is 0.253. The second-order valence-corrected chi connectivity index (χ2v) is 5.96. The number of aliphatic hydroxyl groups excluding tert-OH is 1. The van der Waals surface area contributed by atoms with Gasteiger partial charge in [0.1, 0.15) is 5.60 Å². The van der Waals surface area contributed by atoms with Crippen LogP contribution in [0.5, 0.6) is 0 Å². The zero-order valence-corrected chi connectivity index (χ0v) is 12.0. The molecule has 1 saturated heterocycles. The highest BCUT2D eigenvalue weighted by atomic mass is 16.6. The van der Waals surface area contributed by atoms with E-state index >= 15 is 0 Å². The van der Waals surface area contributed by atoms with E-state index in [4.69, 9.17) is 9.84 Å². The van der Waals surface area contributed by atoms with Crippen molar-refractivity contribution in [2.24, 2.45) is 0 Å². The van der Waals surface area contributed by atoms with E-state index in [9.17, 15) is 4.79 Å². The quantitative estimate of drug-likeness (QED) is 0.808. The van der Waals surface area contributed by atoms with E-state index in [1.807, 2.05) is 27.8 Å². The Hall–Kier alpha value is -0.810. The van der Waals surface area contributed by atoms with E-state index < -0.39 is 5.60 Å². The molecule has 1 unspecified atom stereocenters. The number of carbonyl (C=O) groups excluding carboxylic acids is 1. The monoisotopic (exact) mass is 258 g/mol. The molecule has 1 fully saturated rings. The van der Waals surface area contributed by atoms with Crippen molar-refractivity contribution in [1.29, 1.82) is 0 Å². The van der Waals surface area contributed by atoms with Crippen LogP contribution in [0.1, 0.15) is 33.6 Å². The van der Waals surface area contributed by atoms with Crippen molar-refractivity contribution in [2.75, 3.05) is 33.3 Å². The lowest BCUT2D eigenvalue weighted by Crippen LogP contribution is -2.56. The zero-order valence-electron chi connectivity index (χ0n) is 12.0. The van der Waals surface area contributed by atoms with Crippen molar-refractivity contribution in [2.45, 2.75) is 45.3 Å². The summed E-state index contributed by atoms with van der Waals surface area (Å²) >= 11 is 0. The summed E-state index contributed by atoms with van der Waals surface area (Å²) in [4.78, 5) is 15.8. The van der Waals surface area contributed by atoms with E-state index in [1.54, 1.807) is 4.90 Å². The first kappa shape index (κ1) is 15.2. The van der Waals surface area contributed by atoms with Crippen molar-refractivity contribution >= 4 is 6.09 Å². The highest BCUT2D eigenvalue weighted by molar-refractivity contribution is 5.69. The van der Waals surface area contributed by atoms with Crippen LogP contribution in [0.25, 0.3) is 0 Å². The van der Waals surface area contributed by atoms with Crippen LogP contribution in [-0.4, -0.2) is 65.9 Å².